The predicted octanol–water partition coefficient (Wildman–Crippen LogP) is 4.11. The fourth-order valence-electron chi connectivity index (χ4n) is 2.38. The number of ketones is 1. The third-order valence-electron chi connectivity index (χ3n) is 3.59. The van der Waals surface area contributed by atoms with Crippen LogP contribution in [0.25, 0.3) is 6.08 Å². The summed E-state index contributed by atoms with van der Waals surface area (Å²) in [7, 11) is 0. The molecule has 0 amide bonds. The maximum atomic E-state index is 12.2. The normalized spacial score (nSPS) is 11.8. The number of carbonyl (C=O) groups excluding carboxylic acids is 1. The van der Waals surface area contributed by atoms with Crippen molar-refractivity contribution in [2.45, 2.75) is 12.3 Å². The molecule has 0 N–H and O–H groups in total. The highest BCUT2D eigenvalue weighted by Crippen LogP contribution is 2.28. The Morgan fingerprint density at radius 2 is 1.52 bits per heavy atom. The van der Waals surface area contributed by atoms with Gasteiger partial charge in [-0.2, -0.15) is 10.5 Å². The van der Waals surface area contributed by atoms with Crippen molar-refractivity contribution in [3.63, 3.8) is 0 Å². The van der Waals surface area contributed by atoms with E-state index in [9.17, 15) is 15.3 Å². The van der Waals surface area contributed by atoms with Crippen molar-refractivity contribution in [2.24, 2.45) is 5.92 Å². The number of allylic oxidation sites excluding steroid dienone is 1. The van der Waals surface area contributed by atoms with Crippen LogP contribution in [0.5, 0.6) is 0 Å². The van der Waals surface area contributed by atoms with Crippen molar-refractivity contribution in [1.29, 1.82) is 10.5 Å². The van der Waals surface area contributed by atoms with Gasteiger partial charge in [0.05, 0.1) is 12.1 Å². The average molecular weight is 300 g/mol. The minimum atomic E-state index is -0.841. The number of hydrogen-bond acceptors (Lipinski definition) is 3. The number of carbonyl (C=O) groups is 1. The minimum absolute atomic E-state index is 0.0989. The van der Waals surface area contributed by atoms with Gasteiger partial charge in [-0.25, -0.2) is 0 Å². The zero-order chi connectivity index (χ0) is 16.5. The van der Waals surface area contributed by atoms with Crippen LogP contribution in [-0.2, 0) is 4.79 Å². The molecule has 0 fully saturated rings. The molecule has 0 aliphatic rings. The van der Waals surface area contributed by atoms with Crippen LogP contribution in [0.4, 0.5) is 0 Å². The van der Waals surface area contributed by atoms with Crippen LogP contribution in [0.15, 0.2) is 66.7 Å². The van der Waals surface area contributed by atoms with Gasteiger partial charge in [0.1, 0.15) is 5.92 Å². The van der Waals surface area contributed by atoms with Crippen LogP contribution < -0.4 is 0 Å². The first-order chi connectivity index (χ1) is 11.2. The Kier molecular flexibility index (Phi) is 5.86. The summed E-state index contributed by atoms with van der Waals surface area (Å²) in [6, 6.07) is 22.8. The number of rotatable bonds is 6. The Morgan fingerprint density at radius 3 is 2.09 bits per heavy atom. The van der Waals surface area contributed by atoms with Crippen molar-refractivity contribution >= 4 is 11.9 Å². The van der Waals surface area contributed by atoms with Gasteiger partial charge in [0, 0.05) is 12.3 Å². The quantitative estimate of drug-likeness (QED) is 0.754. The Balaban J connectivity index is 2.15. The zero-order valence-corrected chi connectivity index (χ0v) is 12.6. The molecular formula is C20H16N2O. The lowest BCUT2D eigenvalue weighted by Crippen LogP contribution is -2.13. The van der Waals surface area contributed by atoms with E-state index < -0.39 is 11.8 Å². The number of nitrogens with zero attached hydrogens (tertiary/aromatic N) is 2. The van der Waals surface area contributed by atoms with Crippen molar-refractivity contribution in [1.82, 2.24) is 0 Å². The van der Waals surface area contributed by atoms with Gasteiger partial charge in [-0.05, 0) is 17.2 Å². The molecule has 0 unspecified atom stereocenters. The van der Waals surface area contributed by atoms with Gasteiger partial charge in [-0.1, -0.05) is 66.7 Å². The lowest BCUT2D eigenvalue weighted by atomic mass is 9.84. The first-order valence-corrected chi connectivity index (χ1v) is 7.34. The highest BCUT2D eigenvalue weighted by Gasteiger charge is 2.24. The van der Waals surface area contributed by atoms with Crippen LogP contribution >= 0.6 is 0 Å². The van der Waals surface area contributed by atoms with Crippen LogP contribution in [0.2, 0.25) is 0 Å². The maximum Gasteiger partial charge on any atom is 0.156 e. The third-order valence-corrected chi connectivity index (χ3v) is 3.59. The molecule has 0 aliphatic carbocycles. The topological polar surface area (TPSA) is 64.7 Å². The zero-order valence-electron chi connectivity index (χ0n) is 12.6. The van der Waals surface area contributed by atoms with E-state index in [0.717, 1.165) is 11.1 Å². The standard InChI is InChI=1S/C20H16N2O/c21-14-18(15-22)20(17-9-5-2-6-10-17)13-19(23)12-11-16-7-3-1-4-8-16/h1-12,18,20H,13H2/b12-11+/t20-/m0/s1. The van der Waals surface area contributed by atoms with Crippen LogP contribution in [-0.4, -0.2) is 5.78 Å². The average Bonchev–Trinajstić information content (AvgIpc) is 2.62. The summed E-state index contributed by atoms with van der Waals surface area (Å²) in [6.45, 7) is 0. The molecule has 0 saturated carbocycles. The Labute approximate surface area is 136 Å². The summed E-state index contributed by atoms with van der Waals surface area (Å²) in [5.41, 5.74) is 1.77. The molecule has 3 nitrogen and oxygen atoms in total. The highest BCUT2D eigenvalue weighted by molar-refractivity contribution is 5.94. The third kappa shape index (κ3) is 4.66. The van der Waals surface area contributed by atoms with Crippen molar-refractivity contribution in [2.75, 3.05) is 0 Å². The molecule has 0 saturated heterocycles. The summed E-state index contributed by atoms with van der Waals surface area (Å²) in [5.74, 6) is -1.36. The second kappa shape index (κ2) is 8.32. The van der Waals surface area contributed by atoms with E-state index >= 15 is 0 Å². The molecule has 3 heteroatoms. The van der Waals surface area contributed by atoms with Crippen molar-refractivity contribution < 1.29 is 4.79 Å². The molecule has 112 valence electrons. The molecule has 0 radical (unpaired) electrons. The van der Waals surface area contributed by atoms with E-state index in [4.69, 9.17) is 0 Å². The summed E-state index contributed by atoms with van der Waals surface area (Å²) >= 11 is 0. The highest BCUT2D eigenvalue weighted by atomic mass is 16.1. The van der Waals surface area contributed by atoms with Crippen molar-refractivity contribution in [3.05, 3.63) is 77.9 Å². The van der Waals surface area contributed by atoms with Crippen LogP contribution in [0.1, 0.15) is 23.5 Å². The number of nitriles is 2. The summed E-state index contributed by atoms with van der Waals surface area (Å²) in [6.07, 6.45) is 3.40. The van der Waals surface area contributed by atoms with E-state index in [1.807, 2.05) is 72.8 Å². The van der Waals surface area contributed by atoms with Crippen molar-refractivity contribution in [3.8, 4) is 12.1 Å². The second-order valence-corrected chi connectivity index (χ2v) is 5.17. The van der Waals surface area contributed by atoms with Gasteiger partial charge in [-0.15, -0.1) is 0 Å². The van der Waals surface area contributed by atoms with Gasteiger partial charge in [0.2, 0.25) is 0 Å². The van der Waals surface area contributed by atoms with Gasteiger partial charge in [-0.3, -0.25) is 4.79 Å². The molecule has 0 aromatic heterocycles. The maximum absolute atomic E-state index is 12.2. The van der Waals surface area contributed by atoms with Gasteiger partial charge in [0.15, 0.2) is 5.78 Å². The lowest BCUT2D eigenvalue weighted by Gasteiger charge is -2.16. The first kappa shape index (κ1) is 16.2. The molecule has 0 bridgehead atoms. The molecule has 0 heterocycles. The van der Waals surface area contributed by atoms with Gasteiger partial charge in [0.25, 0.3) is 0 Å². The number of hydrogen-bond donors (Lipinski definition) is 0. The predicted molar refractivity (Wildman–Crippen MR) is 89.0 cm³/mol. The minimum Gasteiger partial charge on any atom is -0.295 e. The largest absolute Gasteiger partial charge is 0.295 e. The molecule has 23 heavy (non-hydrogen) atoms. The van der Waals surface area contributed by atoms with E-state index in [1.54, 1.807) is 6.08 Å². The monoisotopic (exact) mass is 300 g/mol. The number of benzene rings is 2. The van der Waals surface area contributed by atoms with E-state index in [0.29, 0.717) is 0 Å². The summed E-state index contributed by atoms with van der Waals surface area (Å²) in [5, 5.41) is 18.4. The Bertz CT molecular complexity index is 738. The first-order valence-electron chi connectivity index (χ1n) is 7.34. The molecule has 0 spiro atoms. The SMILES string of the molecule is N#CC(C#N)[C@@H](CC(=O)/C=C/c1ccccc1)c1ccccc1. The molecule has 2 aromatic carbocycles. The lowest BCUT2D eigenvalue weighted by molar-refractivity contribution is -0.115. The molecule has 0 aliphatic heterocycles. The fourth-order valence-corrected chi connectivity index (χ4v) is 2.38. The van der Waals surface area contributed by atoms with Gasteiger partial charge >= 0.3 is 0 Å². The van der Waals surface area contributed by atoms with Crippen LogP contribution in [0.3, 0.4) is 0 Å². The molecule has 1 atom stereocenters. The molecular weight excluding hydrogens is 284 g/mol. The van der Waals surface area contributed by atoms with E-state index in [1.165, 1.54) is 6.08 Å². The van der Waals surface area contributed by atoms with E-state index in [-0.39, 0.29) is 12.2 Å². The Morgan fingerprint density at radius 1 is 0.957 bits per heavy atom. The second-order valence-electron chi connectivity index (χ2n) is 5.17. The smallest absolute Gasteiger partial charge is 0.156 e. The summed E-state index contributed by atoms with van der Waals surface area (Å²) in [4.78, 5) is 12.2. The fraction of sp³-hybridized carbons (Fsp3) is 0.150. The summed E-state index contributed by atoms with van der Waals surface area (Å²) < 4.78 is 0. The Hall–Kier alpha value is -3.17. The molecule has 2 aromatic rings. The van der Waals surface area contributed by atoms with E-state index in [2.05, 4.69) is 0 Å². The molecule has 2 rings (SSSR count). The van der Waals surface area contributed by atoms with Crippen LogP contribution in [0, 0.1) is 28.6 Å². The van der Waals surface area contributed by atoms with Gasteiger partial charge < -0.3 is 0 Å².